The van der Waals surface area contributed by atoms with E-state index in [1.54, 1.807) is 0 Å². The Hall–Kier alpha value is -1.35. The van der Waals surface area contributed by atoms with E-state index < -0.39 is 0 Å². The van der Waals surface area contributed by atoms with Gasteiger partial charge in [-0.2, -0.15) is 5.10 Å². The maximum atomic E-state index is 5.44. The lowest BCUT2D eigenvalue weighted by atomic mass is 10.3. The van der Waals surface area contributed by atoms with Gasteiger partial charge in [0.25, 0.3) is 0 Å². The molecular weight excluding hydrogens is 162 g/mol. The van der Waals surface area contributed by atoms with Crippen LogP contribution in [0.1, 0.15) is 6.92 Å². The molecule has 0 aliphatic heterocycles. The first kappa shape index (κ1) is 9.74. The molecule has 0 atom stereocenters. The number of nitrogens with zero attached hydrogens (tertiary/aromatic N) is 2. The number of benzene rings is 1. The molecule has 0 aliphatic rings. The van der Waals surface area contributed by atoms with Gasteiger partial charge in [0.2, 0.25) is 0 Å². The van der Waals surface area contributed by atoms with Crippen LogP contribution in [0, 0.1) is 0 Å². The summed E-state index contributed by atoms with van der Waals surface area (Å²) in [6.45, 7) is 2.41. The normalized spacial score (nSPS) is 11.5. The zero-order valence-electron chi connectivity index (χ0n) is 8.07. The Morgan fingerprint density at radius 1 is 1.38 bits per heavy atom. The Morgan fingerprint density at radius 3 is 2.54 bits per heavy atom. The van der Waals surface area contributed by atoms with Crippen molar-refractivity contribution in [3.05, 3.63) is 30.3 Å². The molecule has 2 N–H and O–H groups in total. The fraction of sp³-hybridized carbons (Fsp3) is 0.300. The van der Waals surface area contributed by atoms with Gasteiger partial charge in [-0.25, -0.2) is 0 Å². The summed E-state index contributed by atoms with van der Waals surface area (Å²) in [6.07, 6.45) is 0. The van der Waals surface area contributed by atoms with E-state index in [1.807, 2.05) is 49.3 Å². The molecule has 0 heterocycles. The summed E-state index contributed by atoms with van der Waals surface area (Å²) in [4.78, 5) is 0. The first-order valence-electron chi connectivity index (χ1n) is 4.27. The van der Waals surface area contributed by atoms with Gasteiger partial charge in [0.15, 0.2) is 0 Å². The molecule has 1 aromatic carbocycles. The Bertz CT molecular complexity index is 279. The van der Waals surface area contributed by atoms with Crippen LogP contribution in [0.3, 0.4) is 0 Å². The van der Waals surface area contributed by atoms with E-state index in [0.29, 0.717) is 6.54 Å². The van der Waals surface area contributed by atoms with Gasteiger partial charge >= 0.3 is 0 Å². The molecule has 0 saturated carbocycles. The van der Waals surface area contributed by atoms with E-state index >= 15 is 0 Å². The van der Waals surface area contributed by atoms with E-state index in [0.717, 1.165) is 11.4 Å². The fourth-order valence-electron chi connectivity index (χ4n) is 0.998. The van der Waals surface area contributed by atoms with Crippen molar-refractivity contribution < 1.29 is 0 Å². The van der Waals surface area contributed by atoms with E-state index in [2.05, 4.69) is 5.10 Å². The van der Waals surface area contributed by atoms with Crippen LogP contribution in [0.5, 0.6) is 0 Å². The lowest BCUT2D eigenvalue weighted by molar-refractivity contribution is 1.00. The molecule has 0 spiro atoms. The molecule has 3 heteroatoms. The van der Waals surface area contributed by atoms with Crippen LogP contribution >= 0.6 is 0 Å². The van der Waals surface area contributed by atoms with Crippen molar-refractivity contribution in [2.75, 3.05) is 18.6 Å². The Balaban J connectivity index is 2.75. The molecule has 0 aromatic heterocycles. The number of nitrogens with two attached hydrogens (primary N) is 1. The molecule has 0 fully saturated rings. The van der Waals surface area contributed by atoms with Gasteiger partial charge < -0.3 is 5.73 Å². The van der Waals surface area contributed by atoms with Crippen LogP contribution in [0.25, 0.3) is 0 Å². The minimum absolute atomic E-state index is 0.497. The van der Waals surface area contributed by atoms with Crippen LogP contribution in [0.2, 0.25) is 0 Å². The summed E-state index contributed by atoms with van der Waals surface area (Å²) in [5.74, 6) is 0. The summed E-state index contributed by atoms with van der Waals surface area (Å²) in [7, 11) is 1.91. The van der Waals surface area contributed by atoms with Crippen LogP contribution in [0.4, 0.5) is 5.69 Å². The quantitative estimate of drug-likeness (QED) is 0.561. The summed E-state index contributed by atoms with van der Waals surface area (Å²) in [5, 5.41) is 6.11. The monoisotopic (exact) mass is 177 g/mol. The van der Waals surface area contributed by atoms with Crippen molar-refractivity contribution in [1.29, 1.82) is 0 Å². The number of anilines is 1. The van der Waals surface area contributed by atoms with Gasteiger partial charge in [-0.1, -0.05) is 18.2 Å². The lowest BCUT2D eigenvalue weighted by Crippen LogP contribution is -2.17. The van der Waals surface area contributed by atoms with Crippen LogP contribution < -0.4 is 10.7 Å². The SMILES string of the molecule is CC(CN)=NN(C)c1ccccc1. The molecule has 1 aromatic rings. The number of hydrazone groups is 1. The van der Waals surface area contributed by atoms with Crippen molar-refractivity contribution in [1.82, 2.24) is 0 Å². The highest BCUT2D eigenvalue weighted by Crippen LogP contribution is 2.10. The van der Waals surface area contributed by atoms with E-state index in [9.17, 15) is 0 Å². The van der Waals surface area contributed by atoms with E-state index in [4.69, 9.17) is 5.73 Å². The zero-order valence-corrected chi connectivity index (χ0v) is 8.07. The predicted molar refractivity (Wildman–Crippen MR) is 57.0 cm³/mol. The Kier molecular flexibility index (Phi) is 3.46. The van der Waals surface area contributed by atoms with Gasteiger partial charge in [0, 0.05) is 19.3 Å². The number of rotatable bonds is 3. The van der Waals surface area contributed by atoms with Crippen molar-refractivity contribution >= 4 is 11.4 Å². The van der Waals surface area contributed by atoms with Gasteiger partial charge in [0.1, 0.15) is 0 Å². The summed E-state index contributed by atoms with van der Waals surface area (Å²) < 4.78 is 0. The first-order chi connectivity index (χ1) is 6.24. The fourth-order valence-corrected chi connectivity index (χ4v) is 0.998. The minimum atomic E-state index is 0.497. The Labute approximate surface area is 78.9 Å². The number of hydrogen-bond donors (Lipinski definition) is 1. The maximum absolute atomic E-state index is 5.44. The summed E-state index contributed by atoms with van der Waals surface area (Å²) in [6, 6.07) is 9.97. The van der Waals surface area contributed by atoms with Crippen molar-refractivity contribution in [3.8, 4) is 0 Å². The molecule has 0 saturated heterocycles. The topological polar surface area (TPSA) is 41.6 Å². The molecule has 0 bridgehead atoms. The van der Waals surface area contributed by atoms with Gasteiger partial charge in [0.05, 0.1) is 5.69 Å². The van der Waals surface area contributed by atoms with Crippen LogP contribution in [-0.2, 0) is 0 Å². The molecule has 0 aliphatic carbocycles. The van der Waals surface area contributed by atoms with Crippen molar-refractivity contribution in [3.63, 3.8) is 0 Å². The number of para-hydroxylation sites is 1. The molecule has 3 nitrogen and oxygen atoms in total. The van der Waals surface area contributed by atoms with Crippen LogP contribution in [-0.4, -0.2) is 19.3 Å². The average molecular weight is 177 g/mol. The van der Waals surface area contributed by atoms with Gasteiger partial charge in [-0.15, -0.1) is 0 Å². The first-order valence-corrected chi connectivity index (χ1v) is 4.27. The molecule has 1 rings (SSSR count). The highest BCUT2D eigenvalue weighted by molar-refractivity contribution is 5.84. The standard InChI is InChI=1S/C10H15N3/c1-9(8-11)12-13(2)10-6-4-3-5-7-10/h3-7H,8,11H2,1-2H3. The van der Waals surface area contributed by atoms with E-state index in [-0.39, 0.29) is 0 Å². The third kappa shape index (κ3) is 2.87. The minimum Gasteiger partial charge on any atom is -0.325 e. The predicted octanol–water partition coefficient (Wildman–Crippen LogP) is 1.46. The molecule has 70 valence electrons. The van der Waals surface area contributed by atoms with Crippen LogP contribution in [0.15, 0.2) is 35.4 Å². The van der Waals surface area contributed by atoms with Crippen molar-refractivity contribution in [2.24, 2.45) is 10.8 Å². The third-order valence-corrected chi connectivity index (χ3v) is 1.75. The highest BCUT2D eigenvalue weighted by atomic mass is 15.4. The van der Waals surface area contributed by atoms with E-state index in [1.165, 1.54) is 0 Å². The lowest BCUT2D eigenvalue weighted by Gasteiger charge is -2.13. The number of hydrogen-bond acceptors (Lipinski definition) is 3. The second kappa shape index (κ2) is 4.62. The zero-order chi connectivity index (χ0) is 9.68. The highest BCUT2D eigenvalue weighted by Gasteiger charge is 1.96. The van der Waals surface area contributed by atoms with Crippen molar-refractivity contribution in [2.45, 2.75) is 6.92 Å². The molecular formula is C10H15N3. The summed E-state index contributed by atoms with van der Waals surface area (Å²) in [5.41, 5.74) is 7.43. The second-order valence-electron chi connectivity index (χ2n) is 2.90. The average Bonchev–Trinajstić information content (AvgIpc) is 2.19. The maximum Gasteiger partial charge on any atom is 0.0590 e. The summed E-state index contributed by atoms with van der Waals surface area (Å²) >= 11 is 0. The molecule has 0 radical (unpaired) electrons. The Morgan fingerprint density at radius 2 is 2.00 bits per heavy atom. The van der Waals surface area contributed by atoms with Gasteiger partial charge in [-0.05, 0) is 19.1 Å². The molecule has 0 amide bonds. The molecule has 13 heavy (non-hydrogen) atoms. The largest absolute Gasteiger partial charge is 0.325 e. The molecule has 0 unspecified atom stereocenters. The second-order valence-corrected chi connectivity index (χ2v) is 2.90. The van der Waals surface area contributed by atoms with Gasteiger partial charge in [-0.3, -0.25) is 5.01 Å². The third-order valence-electron chi connectivity index (χ3n) is 1.75. The smallest absolute Gasteiger partial charge is 0.0590 e.